The quantitative estimate of drug-likeness (QED) is 0.891. The number of hydrogen-bond acceptors (Lipinski definition) is 6. The van der Waals surface area contributed by atoms with Gasteiger partial charge in [0, 0.05) is 0 Å². The summed E-state index contributed by atoms with van der Waals surface area (Å²) in [4.78, 5) is 11.6. The maximum Gasteiger partial charge on any atom is 0.339 e. The minimum Gasteiger partial charge on any atom is -0.493 e. The third-order valence-electron chi connectivity index (χ3n) is 3.87. The Hall–Kier alpha value is -3.09. The normalized spacial score (nSPS) is 12.4. The van der Waals surface area contributed by atoms with Crippen LogP contribution in [0.5, 0.6) is 28.7 Å². The zero-order valence-corrected chi connectivity index (χ0v) is 14.1. The van der Waals surface area contributed by atoms with Crippen molar-refractivity contribution in [1.29, 1.82) is 0 Å². The molecule has 1 heterocycles. The highest BCUT2D eigenvalue weighted by molar-refractivity contribution is 5.94. The predicted octanol–water partition coefficient (Wildman–Crippen LogP) is 2.85. The molecule has 0 unspecified atom stereocenters. The molecule has 0 spiro atoms. The fourth-order valence-electron chi connectivity index (χ4n) is 2.73. The Morgan fingerprint density at radius 3 is 2.08 bits per heavy atom. The van der Waals surface area contributed by atoms with E-state index in [0.717, 1.165) is 0 Å². The summed E-state index contributed by atoms with van der Waals surface area (Å²) in [5.41, 5.74) is 1.39. The van der Waals surface area contributed by atoms with E-state index in [4.69, 9.17) is 23.7 Å². The summed E-state index contributed by atoms with van der Waals surface area (Å²) in [6, 6.07) is 6.77. The van der Waals surface area contributed by atoms with Crippen LogP contribution in [-0.2, 0) is 0 Å². The van der Waals surface area contributed by atoms with Gasteiger partial charge in [0.25, 0.3) is 0 Å². The Balaban J connectivity index is 2.19. The second-order valence-corrected chi connectivity index (χ2v) is 5.27. The van der Waals surface area contributed by atoms with Crippen LogP contribution in [0.15, 0.2) is 24.3 Å². The van der Waals surface area contributed by atoms with E-state index in [2.05, 4.69) is 0 Å². The molecule has 0 bridgehead atoms. The average molecular weight is 346 g/mol. The SMILES string of the molecule is COc1cc(-c2cc3c(c(C(=O)O)c2)OCCO3)cc(OC)c1OC. The number of carboxylic acids is 1. The lowest BCUT2D eigenvalue weighted by Gasteiger charge is -2.21. The molecule has 0 atom stereocenters. The summed E-state index contributed by atoms with van der Waals surface area (Å²) < 4.78 is 27.0. The molecule has 132 valence electrons. The van der Waals surface area contributed by atoms with E-state index in [0.29, 0.717) is 47.3 Å². The van der Waals surface area contributed by atoms with Gasteiger partial charge in [-0.05, 0) is 35.4 Å². The van der Waals surface area contributed by atoms with Gasteiger partial charge in [-0.25, -0.2) is 4.79 Å². The molecular weight excluding hydrogens is 328 g/mol. The Morgan fingerprint density at radius 1 is 0.920 bits per heavy atom. The van der Waals surface area contributed by atoms with Crippen LogP contribution < -0.4 is 23.7 Å². The van der Waals surface area contributed by atoms with Crippen molar-refractivity contribution in [3.05, 3.63) is 29.8 Å². The first-order chi connectivity index (χ1) is 12.1. The molecule has 0 aromatic heterocycles. The Labute approximate surface area is 144 Å². The van der Waals surface area contributed by atoms with Crippen molar-refractivity contribution in [1.82, 2.24) is 0 Å². The first-order valence-corrected chi connectivity index (χ1v) is 7.56. The molecule has 0 aliphatic carbocycles. The molecule has 25 heavy (non-hydrogen) atoms. The summed E-state index contributed by atoms with van der Waals surface area (Å²) in [7, 11) is 4.56. The van der Waals surface area contributed by atoms with Gasteiger partial charge < -0.3 is 28.8 Å². The van der Waals surface area contributed by atoms with E-state index in [9.17, 15) is 9.90 Å². The van der Waals surface area contributed by atoms with Crippen LogP contribution in [-0.4, -0.2) is 45.6 Å². The minimum atomic E-state index is -1.09. The van der Waals surface area contributed by atoms with Gasteiger partial charge in [-0.1, -0.05) is 0 Å². The molecule has 1 aliphatic rings. The van der Waals surface area contributed by atoms with Gasteiger partial charge in [-0.3, -0.25) is 0 Å². The van der Waals surface area contributed by atoms with E-state index in [1.807, 2.05) is 0 Å². The van der Waals surface area contributed by atoms with Crippen molar-refractivity contribution in [2.24, 2.45) is 0 Å². The van der Waals surface area contributed by atoms with Gasteiger partial charge in [-0.2, -0.15) is 0 Å². The second-order valence-electron chi connectivity index (χ2n) is 5.27. The van der Waals surface area contributed by atoms with E-state index in [-0.39, 0.29) is 11.3 Å². The summed E-state index contributed by atoms with van der Waals surface area (Å²) in [5.74, 6) is 0.970. The van der Waals surface area contributed by atoms with Crippen LogP contribution in [0.3, 0.4) is 0 Å². The Morgan fingerprint density at radius 2 is 1.52 bits per heavy atom. The van der Waals surface area contributed by atoms with Crippen molar-refractivity contribution >= 4 is 5.97 Å². The number of carboxylic acid groups (broad SMARTS) is 1. The van der Waals surface area contributed by atoms with E-state index >= 15 is 0 Å². The molecular formula is C18H18O7. The number of methoxy groups -OCH3 is 3. The smallest absolute Gasteiger partial charge is 0.339 e. The molecule has 2 aromatic rings. The van der Waals surface area contributed by atoms with Crippen molar-refractivity contribution in [2.45, 2.75) is 0 Å². The van der Waals surface area contributed by atoms with Gasteiger partial charge in [0.2, 0.25) is 5.75 Å². The van der Waals surface area contributed by atoms with Gasteiger partial charge in [0.05, 0.1) is 21.3 Å². The lowest BCUT2D eigenvalue weighted by Crippen LogP contribution is -2.18. The Kier molecular flexibility index (Phi) is 4.56. The van der Waals surface area contributed by atoms with Crippen LogP contribution >= 0.6 is 0 Å². The number of rotatable bonds is 5. The molecule has 2 aromatic carbocycles. The van der Waals surface area contributed by atoms with Crippen LogP contribution in [0, 0.1) is 0 Å². The van der Waals surface area contributed by atoms with Crippen LogP contribution in [0.1, 0.15) is 10.4 Å². The highest BCUT2D eigenvalue weighted by atomic mass is 16.6. The van der Waals surface area contributed by atoms with Crippen molar-refractivity contribution in [3.8, 4) is 39.9 Å². The minimum absolute atomic E-state index is 0.0425. The largest absolute Gasteiger partial charge is 0.493 e. The molecule has 7 heteroatoms. The first kappa shape index (κ1) is 16.8. The number of benzene rings is 2. The number of carbonyl (C=O) groups is 1. The summed E-state index contributed by atoms with van der Waals surface area (Å²) in [6.45, 7) is 0.682. The number of aromatic carboxylic acids is 1. The molecule has 1 N–H and O–H groups in total. The third-order valence-corrected chi connectivity index (χ3v) is 3.87. The number of ether oxygens (including phenoxy) is 5. The zero-order valence-electron chi connectivity index (χ0n) is 14.1. The summed E-state index contributed by atoms with van der Waals surface area (Å²) >= 11 is 0. The van der Waals surface area contributed by atoms with Crippen molar-refractivity contribution in [2.75, 3.05) is 34.5 Å². The fourth-order valence-corrected chi connectivity index (χ4v) is 2.73. The number of fused-ring (bicyclic) bond motifs is 1. The molecule has 0 fully saturated rings. The van der Waals surface area contributed by atoms with Crippen molar-refractivity contribution < 1.29 is 33.6 Å². The standard InChI is InChI=1S/C18H18O7/c1-21-13-7-11(8-14(22-2)17(13)23-3)10-6-12(18(19)20)16-15(9-10)24-4-5-25-16/h6-9H,4-5H2,1-3H3,(H,19,20). The highest BCUT2D eigenvalue weighted by Crippen LogP contribution is 2.44. The molecule has 0 saturated carbocycles. The Bertz CT molecular complexity index is 788. The van der Waals surface area contributed by atoms with Crippen LogP contribution in [0.25, 0.3) is 11.1 Å². The maximum atomic E-state index is 11.6. The van der Waals surface area contributed by atoms with E-state index < -0.39 is 5.97 Å². The fraction of sp³-hybridized carbons (Fsp3) is 0.278. The lowest BCUT2D eigenvalue weighted by atomic mass is 10.0. The summed E-state index contributed by atoms with van der Waals surface area (Å²) in [6.07, 6.45) is 0. The first-order valence-electron chi connectivity index (χ1n) is 7.56. The van der Waals surface area contributed by atoms with Crippen LogP contribution in [0.2, 0.25) is 0 Å². The van der Waals surface area contributed by atoms with Gasteiger partial charge in [0.15, 0.2) is 23.0 Å². The van der Waals surface area contributed by atoms with Gasteiger partial charge in [0.1, 0.15) is 18.8 Å². The van der Waals surface area contributed by atoms with Crippen molar-refractivity contribution in [3.63, 3.8) is 0 Å². The molecule has 3 rings (SSSR count). The number of hydrogen-bond donors (Lipinski definition) is 1. The molecule has 0 radical (unpaired) electrons. The van der Waals surface area contributed by atoms with Gasteiger partial charge >= 0.3 is 5.97 Å². The van der Waals surface area contributed by atoms with Gasteiger partial charge in [-0.15, -0.1) is 0 Å². The second kappa shape index (κ2) is 6.80. The van der Waals surface area contributed by atoms with E-state index in [1.165, 1.54) is 27.4 Å². The molecule has 0 saturated heterocycles. The topological polar surface area (TPSA) is 83.5 Å². The zero-order chi connectivity index (χ0) is 18.0. The predicted molar refractivity (Wildman–Crippen MR) is 89.5 cm³/mol. The summed E-state index contributed by atoms with van der Waals surface area (Å²) in [5, 5.41) is 9.49. The molecule has 0 amide bonds. The monoisotopic (exact) mass is 346 g/mol. The molecule has 7 nitrogen and oxygen atoms in total. The highest BCUT2D eigenvalue weighted by Gasteiger charge is 2.23. The maximum absolute atomic E-state index is 11.6. The van der Waals surface area contributed by atoms with Crippen LogP contribution in [0.4, 0.5) is 0 Å². The average Bonchev–Trinajstić information content (AvgIpc) is 2.65. The molecule has 1 aliphatic heterocycles. The lowest BCUT2D eigenvalue weighted by molar-refractivity contribution is 0.0686. The third kappa shape index (κ3) is 3.00. The van der Waals surface area contributed by atoms with E-state index in [1.54, 1.807) is 18.2 Å².